The number of phenolic OH excluding ortho intramolecular Hbond substituents is 1. The van der Waals surface area contributed by atoms with Crippen LogP contribution in [0.15, 0.2) is 29.3 Å². The van der Waals surface area contributed by atoms with Crippen LogP contribution in [0.4, 0.5) is 0 Å². The normalized spacial score (nSPS) is 20.3. The number of hydrogen-bond acceptors (Lipinski definition) is 9. The van der Waals surface area contributed by atoms with Crippen molar-refractivity contribution < 1.29 is 43.8 Å². The monoisotopic (exact) mass is 745 g/mol. The number of phenols is 1. The lowest BCUT2D eigenvalue weighted by molar-refractivity contribution is -0.141. The summed E-state index contributed by atoms with van der Waals surface area (Å²) in [6.45, 7) is 6.12. The lowest BCUT2D eigenvalue weighted by Gasteiger charge is -2.26. The predicted molar refractivity (Wildman–Crippen MR) is 195 cm³/mol. The minimum atomic E-state index is -1.62. The number of nitrogens with two attached hydrogens (primary N) is 2. The third-order valence-electron chi connectivity index (χ3n) is 8.25. The van der Waals surface area contributed by atoms with Gasteiger partial charge in [0, 0.05) is 25.9 Å². The standard InChI is InChI=1S/C35H55N9O9/c1-35(2,3)15-6-10-27(46)38-16-5-4-8-24-32(52)43-25(18-21-11-13-22(45)14-12-21)33(53)44-26(19-29(48)49)30(50)40-20-28(47)41-23(31(51)42-24)9-7-17-39-34(36)37/h11-14,23-26,45H,4-10,15-20H2,1-3H3,(H,38,46)(H,40,50)(H,41,47)(H,42,51)(H,43,52)(H,44,53)(H,48,49)(H4,36,37,39)/t23-,24-,25+,26-/m1/s1. The van der Waals surface area contributed by atoms with E-state index in [9.17, 15) is 43.8 Å². The average Bonchev–Trinajstić information content (AvgIpc) is 3.06. The second-order valence-electron chi connectivity index (χ2n) is 14.2. The van der Waals surface area contributed by atoms with Gasteiger partial charge in [-0.2, -0.15) is 0 Å². The number of carbonyl (C=O) groups is 7. The van der Waals surface area contributed by atoms with Gasteiger partial charge >= 0.3 is 5.97 Å². The first-order chi connectivity index (χ1) is 24.9. The average molecular weight is 746 g/mol. The first-order valence-corrected chi connectivity index (χ1v) is 17.7. The van der Waals surface area contributed by atoms with Crippen LogP contribution in [0.25, 0.3) is 0 Å². The Labute approximate surface area is 309 Å². The van der Waals surface area contributed by atoms with Crippen molar-refractivity contribution in [3.8, 4) is 5.75 Å². The van der Waals surface area contributed by atoms with E-state index in [1.54, 1.807) is 0 Å². The first-order valence-electron chi connectivity index (χ1n) is 17.7. The van der Waals surface area contributed by atoms with E-state index in [1.807, 2.05) is 0 Å². The molecule has 1 fully saturated rings. The SMILES string of the molecule is CC(C)(C)CCCC(=O)NCCCC[C@H]1NC(=O)[C@@H](CCCN=C(N)N)NC(=O)CNC(=O)[C@@H](CC(=O)O)NC(=O)[C@H](Cc2ccc(O)cc2)NC1=O. The van der Waals surface area contributed by atoms with E-state index >= 15 is 0 Å². The van der Waals surface area contributed by atoms with Crippen LogP contribution in [0.5, 0.6) is 5.75 Å². The minimum absolute atomic E-state index is 0.0395. The summed E-state index contributed by atoms with van der Waals surface area (Å²) >= 11 is 0. The van der Waals surface area contributed by atoms with E-state index < -0.39 is 72.6 Å². The fourth-order valence-electron chi connectivity index (χ4n) is 5.42. The van der Waals surface area contributed by atoms with Gasteiger partial charge in [0.05, 0.1) is 13.0 Å². The highest BCUT2D eigenvalue weighted by Crippen LogP contribution is 2.21. The second-order valence-corrected chi connectivity index (χ2v) is 14.2. The Hall–Kier alpha value is -5.42. The summed E-state index contributed by atoms with van der Waals surface area (Å²) < 4.78 is 0. The van der Waals surface area contributed by atoms with Gasteiger partial charge in [0.2, 0.25) is 35.4 Å². The van der Waals surface area contributed by atoms with Gasteiger partial charge in [-0.3, -0.25) is 38.6 Å². The molecule has 0 unspecified atom stereocenters. The molecule has 294 valence electrons. The number of aromatic hydroxyl groups is 1. The van der Waals surface area contributed by atoms with Gasteiger partial charge in [-0.15, -0.1) is 0 Å². The summed E-state index contributed by atoms with van der Waals surface area (Å²) in [5, 5.41) is 34.5. The molecule has 0 spiro atoms. The number of carbonyl (C=O) groups excluding carboxylic acids is 6. The van der Waals surface area contributed by atoms with Crippen LogP contribution in [0.2, 0.25) is 0 Å². The Morgan fingerprint density at radius 1 is 0.811 bits per heavy atom. The zero-order valence-electron chi connectivity index (χ0n) is 30.7. The van der Waals surface area contributed by atoms with Crippen molar-refractivity contribution in [1.29, 1.82) is 0 Å². The number of amides is 6. The summed E-state index contributed by atoms with van der Waals surface area (Å²) in [7, 11) is 0. The molecule has 0 radical (unpaired) electrons. The highest BCUT2D eigenvalue weighted by molar-refractivity contribution is 5.98. The number of hydrogen-bond donors (Lipinski definition) is 10. The molecule has 53 heavy (non-hydrogen) atoms. The van der Waals surface area contributed by atoms with Gasteiger partial charge in [0.15, 0.2) is 5.96 Å². The van der Waals surface area contributed by atoms with E-state index in [0.29, 0.717) is 31.4 Å². The molecule has 1 heterocycles. The highest BCUT2D eigenvalue weighted by atomic mass is 16.4. The van der Waals surface area contributed by atoms with Crippen molar-refractivity contribution in [1.82, 2.24) is 31.9 Å². The fraction of sp³-hybridized carbons (Fsp3) is 0.600. The fourth-order valence-corrected chi connectivity index (χ4v) is 5.42. The lowest BCUT2D eigenvalue weighted by atomic mass is 9.90. The molecule has 6 amide bonds. The quantitative estimate of drug-likeness (QED) is 0.0558. The van der Waals surface area contributed by atoms with Crippen molar-refractivity contribution in [2.75, 3.05) is 19.6 Å². The third kappa shape index (κ3) is 18.1. The predicted octanol–water partition coefficient (Wildman–Crippen LogP) is -0.965. The molecule has 1 aromatic rings. The largest absolute Gasteiger partial charge is 0.508 e. The Bertz CT molecular complexity index is 1460. The van der Waals surface area contributed by atoms with Gasteiger partial charge in [-0.25, -0.2) is 0 Å². The van der Waals surface area contributed by atoms with Crippen molar-refractivity contribution in [2.24, 2.45) is 21.9 Å². The zero-order chi connectivity index (χ0) is 39.6. The Morgan fingerprint density at radius 3 is 2.02 bits per heavy atom. The van der Waals surface area contributed by atoms with Crippen LogP contribution >= 0.6 is 0 Å². The molecule has 18 nitrogen and oxygen atoms in total. The molecule has 1 aliphatic heterocycles. The zero-order valence-corrected chi connectivity index (χ0v) is 30.7. The molecule has 1 aromatic carbocycles. The molecule has 1 saturated heterocycles. The maximum absolute atomic E-state index is 13.9. The van der Waals surface area contributed by atoms with Crippen LogP contribution in [0.1, 0.15) is 84.1 Å². The molecular weight excluding hydrogens is 690 g/mol. The number of carboxylic acid groups (broad SMARTS) is 1. The van der Waals surface area contributed by atoms with Crippen LogP contribution in [-0.2, 0) is 40.0 Å². The van der Waals surface area contributed by atoms with Gasteiger partial charge in [0.1, 0.15) is 29.9 Å². The Balaban J connectivity index is 2.36. The lowest BCUT2D eigenvalue weighted by Crippen LogP contribution is -2.58. The number of aliphatic carboxylic acids is 1. The number of guanidine groups is 1. The van der Waals surface area contributed by atoms with Crippen LogP contribution < -0.4 is 43.4 Å². The van der Waals surface area contributed by atoms with Crippen molar-refractivity contribution in [2.45, 2.75) is 109 Å². The molecule has 0 bridgehead atoms. The summed E-state index contributed by atoms with van der Waals surface area (Å²) in [6.07, 6.45) is 2.28. The molecule has 4 atom stereocenters. The molecule has 1 aliphatic rings. The Morgan fingerprint density at radius 2 is 1.40 bits per heavy atom. The van der Waals surface area contributed by atoms with Gasteiger partial charge < -0.3 is 53.6 Å². The molecular formula is C35H55N9O9. The molecule has 0 saturated carbocycles. The van der Waals surface area contributed by atoms with Gasteiger partial charge in [-0.1, -0.05) is 32.9 Å². The number of unbranched alkanes of at least 4 members (excludes halogenated alkanes) is 1. The number of nitrogens with one attached hydrogen (secondary N) is 6. The molecule has 12 N–H and O–H groups in total. The van der Waals surface area contributed by atoms with E-state index in [4.69, 9.17) is 11.5 Å². The smallest absolute Gasteiger partial charge is 0.305 e. The van der Waals surface area contributed by atoms with Crippen molar-refractivity contribution in [3.05, 3.63) is 29.8 Å². The van der Waals surface area contributed by atoms with Crippen molar-refractivity contribution >= 4 is 47.4 Å². The second kappa shape index (κ2) is 21.8. The van der Waals surface area contributed by atoms with Gasteiger partial charge in [0.25, 0.3) is 0 Å². The maximum atomic E-state index is 13.9. The van der Waals surface area contributed by atoms with Crippen LogP contribution in [-0.4, -0.2) is 101 Å². The van der Waals surface area contributed by atoms with E-state index in [2.05, 4.69) is 57.7 Å². The number of rotatable bonds is 16. The number of nitrogens with zero attached hydrogens (tertiary/aromatic N) is 1. The van der Waals surface area contributed by atoms with Gasteiger partial charge in [-0.05, 0) is 68.1 Å². The Kier molecular flexibility index (Phi) is 18.0. The number of benzene rings is 1. The third-order valence-corrected chi connectivity index (χ3v) is 8.25. The summed E-state index contributed by atoms with van der Waals surface area (Å²) in [5.74, 6) is -5.86. The minimum Gasteiger partial charge on any atom is -0.508 e. The highest BCUT2D eigenvalue weighted by Gasteiger charge is 2.33. The van der Waals surface area contributed by atoms with E-state index in [-0.39, 0.29) is 55.3 Å². The van der Waals surface area contributed by atoms with E-state index in [1.165, 1.54) is 24.3 Å². The summed E-state index contributed by atoms with van der Waals surface area (Å²) in [6, 6.07) is 0.424. The van der Waals surface area contributed by atoms with E-state index in [0.717, 1.165) is 12.8 Å². The first kappa shape index (κ1) is 43.7. The van der Waals surface area contributed by atoms with Crippen LogP contribution in [0, 0.1) is 5.41 Å². The number of aliphatic imine (C=N–C) groups is 1. The van der Waals surface area contributed by atoms with Crippen LogP contribution in [0.3, 0.4) is 0 Å². The molecule has 0 aliphatic carbocycles. The summed E-state index contributed by atoms with van der Waals surface area (Å²) in [5.41, 5.74) is 11.4. The number of carboxylic acids is 1. The molecule has 2 rings (SSSR count). The van der Waals surface area contributed by atoms with Crippen molar-refractivity contribution in [3.63, 3.8) is 0 Å². The molecule has 18 heteroatoms. The summed E-state index contributed by atoms with van der Waals surface area (Å²) in [4.78, 5) is 94.8. The maximum Gasteiger partial charge on any atom is 0.305 e. The molecule has 0 aromatic heterocycles. The topological polar surface area (TPSA) is 297 Å².